The number of carbonyl (C=O) groups excluding carboxylic acids is 2. The number of amides is 2. The van der Waals surface area contributed by atoms with Crippen molar-refractivity contribution in [3.63, 3.8) is 0 Å². The van der Waals surface area contributed by atoms with E-state index in [-0.39, 0.29) is 35.7 Å². The van der Waals surface area contributed by atoms with Gasteiger partial charge in [-0.1, -0.05) is 6.07 Å². The minimum absolute atomic E-state index is 0.0268. The van der Waals surface area contributed by atoms with E-state index >= 15 is 0 Å². The second kappa shape index (κ2) is 14.6. The molecule has 42 heavy (non-hydrogen) atoms. The third-order valence-corrected chi connectivity index (χ3v) is 8.10. The van der Waals surface area contributed by atoms with E-state index in [1.54, 1.807) is 30.4 Å². The van der Waals surface area contributed by atoms with Crippen molar-refractivity contribution >= 4 is 23.6 Å². The molecule has 0 spiro atoms. The maximum absolute atomic E-state index is 14.0. The Hall–Kier alpha value is -3.48. The van der Waals surface area contributed by atoms with Crippen LogP contribution in [0.2, 0.25) is 0 Å². The van der Waals surface area contributed by atoms with Gasteiger partial charge in [0, 0.05) is 36.3 Å². The number of nitrogens with zero attached hydrogens (tertiary/aromatic N) is 3. The summed E-state index contributed by atoms with van der Waals surface area (Å²) in [6.07, 6.45) is 12.0. The van der Waals surface area contributed by atoms with Crippen molar-refractivity contribution in [1.82, 2.24) is 25.2 Å². The van der Waals surface area contributed by atoms with Gasteiger partial charge in [0.1, 0.15) is 22.8 Å². The number of nitrogens with one attached hydrogen (secondary N) is 2. The zero-order valence-electron chi connectivity index (χ0n) is 23.6. The van der Waals surface area contributed by atoms with Crippen LogP contribution in [0.25, 0.3) is 0 Å². The van der Waals surface area contributed by atoms with Crippen molar-refractivity contribution in [3.05, 3.63) is 66.1 Å². The highest BCUT2D eigenvalue weighted by Gasteiger charge is 2.26. The fourth-order valence-corrected chi connectivity index (χ4v) is 5.53. The molecule has 0 bridgehead atoms. The predicted octanol–water partition coefficient (Wildman–Crippen LogP) is 4.95. The van der Waals surface area contributed by atoms with E-state index in [1.165, 1.54) is 0 Å². The maximum Gasteiger partial charge on any atom is 0.271 e. The molecule has 12 heteroatoms. The zero-order valence-corrected chi connectivity index (χ0v) is 24.4. The van der Waals surface area contributed by atoms with Crippen LogP contribution in [0.15, 0.2) is 53.9 Å². The van der Waals surface area contributed by atoms with Crippen LogP contribution < -0.4 is 15.4 Å². The van der Waals surface area contributed by atoms with Gasteiger partial charge in [0.2, 0.25) is 5.88 Å². The molecule has 1 aromatic carbocycles. The van der Waals surface area contributed by atoms with Gasteiger partial charge in [-0.25, -0.2) is 14.4 Å². The number of aromatic nitrogens is 3. The highest BCUT2D eigenvalue weighted by atomic mass is 32.2. The van der Waals surface area contributed by atoms with E-state index in [0.717, 1.165) is 43.0 Å². The quantitative estimate of drug-likeness (QED) is 0.299. The van der Waals surface area contributed by atoms with Gasteiger partial charge in [-0.15, -0.1) is 11.8 Å². The average Bonchev–Trinajstić information content (AvgIpc) is 3.49. The minimum atomic E-state index is -0.620. The van der Waals surface area contributed by atoms with Gasteiger partial charge in [-0.2, -0.15) is 0 Å². The Morgan fingerprint density at radius 2 is 1.86 bits per heavy atom. The summed E-state index contributed by atoms with van der Waals surface area (Å²) in [7, 11) is 0. The van der Waals surface area contributed by atoms with Crippen LogP contribution >= 0.6 is 11.8 Å². The summed E-state index contributed by atoms with van der Waals surface area (Å²) in [5, 5.41) is 6.04. The molecule has 1 aliphatic heterocycles. The van der Waals surface area contributed by atoms with Crippen molar-refractivity contribution in [2.45, 2.75) is 74.8 Å². The van der Waals surface area contributed by atoms with Gasteiger partial charge >= 0.3 is 0 Å². The molecule has 0 radical (unpaired) electrons. The lowest BCUT2D eigenvalue weighted by atomic mass is 9.91. The van der Waals surface area contributed by atoms with Crippen LogP contribution in [0.4, 0.5) is 4.39 Å². The molecule has 1 aliphatic carbocycles. The summed E-state index contributed by atoms with van der Waals surface area (Å²) in [4.78, 5) is 35.2. The molecule has 2 aliphatic rings. The molecular formula is C30H36FN5O5S. The molecule has 10 nitrogen and oxygen atoms in total. The van der Waals surface area contributed by atoms with Gasteiger partial charge in [0.15, 0.2) is 6.29 Å². The first-order valence-corrected chi connectivity index (χ1v) is 15.5. The Morgan fingerprint density at radius 3 is 2.60 bits per heavy atom. The number of hydrogen-bond acceptors (Lipinski definition) is 8. The third-order valence-electron chi connectivity index (χ3n) is 7.37. The maximum atomic E-state index is 14.0. The smallest absolute Gasteiger partial charge is 0.271 e. The number of halogens is 1. The summed E-state index contributed by atoms with van der Waals surface area (Å²) < 4.78 is 33.1. The molecule has 5 rings (SSSR count). The highest BCUT2D eigenvalue weighted by Crippen LogP contribution is 2.28. The van der Waals surface area contributed by atoms with Gasteiger partial charge < -0.3 is 29.4 Å². The molecule has 1 saturated heterocycles. The van der Waals surface area contributed by atoms with Crippen LogP contribution in [-0.2, 0) is 16.0 Å². The molecule has 1 saturated carbocycles. The van der Waals surface area contributed by atoms with Crippen LogP contribution in [-0.4, -0.2) is 64.2 Å². The molecule has 224 valence electrons. The molecule has 2 fully saturated rings. The van der Waals surface area contributed by atoms with E-state index in [0.29, 0.717) is 50.3 Å². The third kappa shape index (κ3) is 8.30. The Bertz CT molecular complexity index is 1360. The fourth-order valence-electron chi connectivity index (χ4n) is 5.08. The van der Waals surface area contributed by atoms with E-state index < -0.39 is 11.7 Å². The summed E-state index contributed by atoms with van der Waals surface area (Å²) >= 11 is 1.56. The first-order chi connectivity index (χ1) is 20.5. The van der Waals surface area contributed by atoms with E-state index in [2.05, 4.69) is 20.6 Å². The van der Waals surface area contributed by atoms with Crippen molar-refractivity contribution in [1.29, 1.82) is 0 Å². The van der Waals surface area contributed by atoms with Crippen LogP contribution in [0.3, 0.4) is 0 Å². The SMILES string of the molecule is CSc1cccc(Oc2ncc(F)cc2C(=O)NC2CCC(NC(=O)c3cn(CCOC4CCCCO4)cn3)CC2)c1. The number of hydrogen-bond donors (Lipinski definition) is 2. The van der Waals surface area contributed by atoms with Gasteiger partial charge in [0.05, 0.1) is 19.1 Å². The summed E-state index contributed by atoms with van der Waals surface area (Å²) in [5.74, 6) is -0.740. The monoisotopic (exact) mass is 597 g/mol. The Kier molecular flexibility index (Phi) is 10.4. The first-order valence-electron chi connectivity index (χ1n) is 14.3. The van der Waals surface area contributed by atoms with Crippen molar-refractivity contribution in [2.24, 2.45) is 0 Å². The Morgan fingerprint density at radius 1 is 1.07 bits per heavy atom. The molecule has 2 N–H and O–H groups in total. The van der Waals surface area contributed by atoms with Crippen molar-refractivity contribution in [2.75, 3.05) is 19.5 Å². The summed E-state index contributed by atoms with van der Waals surface area (Å²) in [5.41, 5.74) is 0.390. The Labute approximate surface area is 248 Å². The van der Waals surface area contributed by atoms with Gasteiger partial charge in [-0.05, 0) is 75.5 Å². The molecular weight excluding hydrogens is 561 g/mol. The van der Waals surface area contributed by atoms with E-state index in [9.17, 15) is 14.0 Å². The molecule has 1 atom stereocenters. The molecule has 1 unspecified atom stereocenters. The number of ether oxygens (including phenoxy) is 3. The minimum Gasteiger partial charge on any atom is -0.438 e. The normalized spacial score (nSPS) is 20.6. The topological polar surface area (TPSA) is 117 Å². The highest BCUT2D eigenvalue weighted by molar-refractivity contribution is 7.98. The van der Waals surface area contributed by atoms with Crippen molar-refractivity contribution in [3.8, 4) is 11.6 Å². The first kappa shape index (κ1) is 30.0. The molecule has 2 amide bonds. The van der Waals surface area contributed by atoms with E-state index in [1.807, 2.05) is 29.0 Å². The lowest BCUT2D eigenvalue weighted by Gasteiger charge is -2.29. The van der Waals surface area contributed by atoms with Crippen LogP contribution in [0.5, 0.6) is 11.6 Å². The second-order valence-corrected chi connectivity index (χ2v) is 11.3. The number of rotatable bonds is 11. The predicted molar refractivity (Wildman–Crippen MR) is 155 cm³/mol. The lowest BCUT2D eigenvalue weighted by Crippen LogP contribution is -2.44. The van der Waals surface area contributed by atoms with Gasteiger partial charge in [-0.3, -0.25) is 9.59 Å². The molecule has 3 heterocycles. The number of pyridine rings is 1. The van der Waals surface area contributed by atoms with Gasteiger partial charge in [0.25, 0.3) is 11.8 Å². The number of imidazole rings is 1. The summed E-state index contributed by atoms with van der Waals surface area (Å²) in [6, 6.07) is 8.37. The van der Waals surface area contributed by atoms with E-state index in [4.69, 9.17) is 14.2 Å². The largest absolute Gasteiger partial charge is 0.438 e. The fraction of sp³-hybridized carbons (Fsp3) is 0.467. The Balaban J connectivity index is 1.08. The van der Waals surface area contributed by atoms with Crippen LogP contribution in [0, 0.1) is 5.82 Å². The number of carbonyl (C=O) groups is 2. The second-order valence-electron chi connectivity index (χ2n) is 10.4. The zero-order chi connectivity index (χ0) is 29.3. The standard InChI is InChI=1S/C30H36FN5O5S/c1-42-24-6-4-5-23(16-24)41-30-25(15-20(31)17-32-30)28(37)34-21-8-10-22(11-9-21)35-29(38)26-18-36(19-33-26)12-14-40-27-7-2-3-13-39-27/h4-6,15-19,21-22,27H,2-3,7-14H2,1H3,(H,34,37)(H,35,38). The number of benzene rings is 1. The number of thioether (sulfide) groups is 1. The average molecular weight is 598 g/mol. The van der Waals surface area contributed by atoms with Crippen molar-refractivity contribution < 1.29 is 28.2 Å². The molecule has 3 aromatic rings. The summed E-state index contributed by atoms with van der Waals surface area (Å²) in [6.45, 7) is 1.81. The van der Waals surface area contributed by atoms with Crippen LogP contribution in [0.1, 0.15) is 65.8 Å². The molecule has 2 aromatic heterocycles. The lowest BCUT2D eigenvalue weighted by molar-refractivity contribution is -0.163.